The van der Waals surface area contributed by atoms with Crippen molar-refractivity contribution in [3.63, 3.8) is 0 Å². The smallest absolute Gasteiger partial charge is 0.270 e. The average molecular weight is 418 g/mol. The van der Waals surface area contributed by atoms with Crippen LogP contribution in [0.25, 0.3) is 0 Å². The zero-order valence-electron chi connectivity index (χ0n) is 17.5. The molecular weight excluding hydrogens is 390 g/mol. The summed E-state index contributed by atoms with van der Waals surface area (Å²) in [4.78, 5) is 29.8. The third-order valence-corrected chi connectivity index (χ3v) is 7.53. The number of carbonyl (C=O) groups excluding carboxylic acids is 2. The number of ketones is 1. The van der Waals surface area contributed by atoms with Crippen molar-refractivity contribution in [3.8, 4) is 0 Å². The van der Waals surface area contributed by atoms with Crippen LogP contribution in [0, 0.1) is 27.7 Å². The fourth-order valence-corrected chi connectivity index (χ4v) is 5.64. The number of benzene rings is 1. The molecule has 1 aromatic carbocycles. The van der Waals surface area contributed by atoms with Gasteiger partial charge in [-0.15, -0.1) is 0 Å². The molecular formula is C21H27N3O4S. The predicted octanol–water partition coefficient (Wildman–Crippen LogP) is 2.60. The van der Waals surface area contributed by atoms with E-state index in [0.717, 1.165) is 5.56 Å². The van der Waals surface area contributed by atoms with Crippen LogP contribution in [-0.2, 0) is 10.0 Å². The second kappa shape index (κ2) is 7.76. The monoisotopic (exact) mass is 417 g/mol. The number of rotatable bonds is 4. The number of amides is 1. The molecule has 8 heteroatoms. The lowest BCUT2D eigenvalue weighted by Crippen LogP contribution is -2.50. The van der Waals surface area contributed by atoms with E-state index >= 15 is 0 Å². The van der Waals surface area contributed by atoms with Crippen molar-refractivity contribution in [1.29, 1.82) is 0 Å². The lowest BCUT2D eigenvalue weighted by molar-refractivity contribution is 0.0691. The van der Waals surface area contributed by atoms with Crippen LogP contribution in [0.5, 0.6) is 0 Å². The Kier molecular flexibility index (Phi) is 5.69. The molecule has 1 N–H and O–H groups in total. The first kappa shape index (κ1) is 21.3. The molecule has 7 nitrogen and oxygen atoms in total. The molecule has 1 saturated heterocycles. The second-order valence-corrected chi connectivity index (χ2v) is 9.55. The van der Waals surface area contributed by atoms with Crippen molar-refractivity contribution in [2.24, 2.45) is 0 Å². The van der Waals surface area contributed by atoms with Gasteiger partial charge in [-0.25, -0.2) is 8.42 Å². The first-order valence-electron chi connectivity index (χ1n) is 9.60. The number of nitrogens with zero attached hydrogens (tertiary/aromatic N) is 2. The highest BCUT2D eigenvalue weighted by Gasteiger charge is 2.32. The molecule has 0 atom stereocenters. The number of Topliss-reactive ketones (excluding diaryl/α,β-unsaturated/α-hetero) is 1. The van der Waals surface area contributed by atoms with E-state index in [1.807, 2.05) is 19.1 Å². The highest BCUT2D eigenvalue weighted by atomic mass is 32.2. The molecule has 0 radical (unpaired) electrons. The van der Waals surface area contributed by atoms with Crippen molar-refractivity contribution in [3.05, 3.63) is 51.8 Å². The van der Waals surface area contributed by atoms with Crippen LogP contribution in [0.3, 0.4) is 0 Å². The van der Waals surface area contributed by atoms with Crippen molar-refractivity contribution in [1.82, 2.24) is 14.2 Å². The van der Waals surface area contributed by atoms with Crippen LogP contribution in [-0.4, -0.2) is 60.5 Å². The van der Waals surface area contributed by atoms with Gasteiger partial charge in [0.2, 0.25) is 10.0 Å². The number of hydrogen-bond donors (Lipinski definition) is 1. The molecule has 29 heavy (non-hydrogen) atoms. The lowest BCUT2D eigenvalue weighted by Gasteiger charge is -2.34. The van der Waals surface area contributed by atoms with Gasteiger partial charge in [-0.3, -0.25) is 9.59 Å². The zero-order chi connectivity index (χ0) is 21.5. The van der Waals surface area contributed by atoms with E-state index in [1.54, 1.807) is 31.7 Å². The van der Waals surface area contributed by atoms with Crippen LogP contribution < -0.4 is 0 Å². The number of hydrogen-bond acceptors (Lipinski definition) is 4. The molecule has 2 heterocycles. The first-order valence-corrected chi connectivity index (χ1v) is 11.0. The average Bonchev–Trinajstić information content (AvgIpc) is 2.97. The van der Waals surface area contributed by atoms with Gasteiger partial charge in [-0.1, -0.05) is 12.1 Å². The van der Waals surface area contributed by atoms with Gasteiger partial charge in [0.05, 0.1) is 4.90 Å². The maximum Gasteiger partial charge on any atom is 0.270 e. The standard InChI is InChI=1S/C21H27N3O4S/c1-13-6-7-14(2)18(12-13)29(27,28)24-10-8-23(9-11-24)21(26)20-15(3)19(17(5)25)16(4)22-20/h6-7,12,22H,8-11H2,1-5H3. The van der Waals surface area contributed by atoms with Crippen molar-refractivity contribution >= 4 is 21.7 Å². The number of sulfonamides is 1. The van der Waals surface area contributed by atoms with Crippen LogP contribution in [0.15, 0.2) is 23.1 Å². The van der Waals surface area contributed by atoms with Gasteiger partial charge in [-0.05, 0) is 57.4 Å². The van der Waals surface area contributed by atoms with Crippen LogP contribution in [0.1, 0.15) is 50.2 Å². The summed E-state index contributed by atoms with van der Waals surface area (Å²) in [6, 6.07) is 5.39. The number of carbonyl (C=O) groups is 2. The normalized spacial score (nSPS) is 15.6. The molecule has 0 saturated carbocycles. The zero-order valence-corrected chi connectivity index (χ0v) is 18.3. The van der Waals surface area contributed by atoms with Gasteiger partial charge in [-0.2, -0.15) is 4.31 Å². The molecule has 2 aromatic rings. The van der Waals surface area contributed by atoms with Gasteiger partial charge in [0.15, 0.2) is 5.78 Å². The van der Waals surface area contributed by atoms with Gasteiger partial charge >= 0.3 is 0 Å². The molecule has 0 bridgehead atoms. The van der Waals surface area contributed by atoms with Gasteiger partial charge in [0.1, 0.15) is 5.69 Å². The largest absolute Gasteiger partial charge is 0.354 e. The Morgan fingerprint density at radius 1 is 1.00 bits per heavy atom. The molecule has 156 valence electrons. The maximum absolute atomic E-state index is 13.1. The second-order valence-electron chi connectivity index (χ2n) is 7.65. The fraction of sp³-hybridized carbons (Fsp3) is 0.429. The topological polar surface area (TPSA) is 90.6 Å². The number of H-pyrrole nitrogens is 1. The predicted molar refractivity (Wildman–Crippen MR) is 111 cm³/mol. The maximum atomic E-state index is 13.1. The summed E-state index contributed by atoms with van der Waals surface area (Å²) in [5.74, 6) is -0.290. The Balaban J connectivity index is 1.77. The molecule has 1 aromatic heterocycles. The van der Waals surface area contributed by atoms with E-state index in [9.17, 15) is 18.0 Å². The van der Waals surface area contributed by atoms with Crippen LogP contribution >= 0.6 is 0 Å². The fourth-order valence-electron chi connectivity index (χ4n) is 3.91. The molecule has 1 fully saturated rings. The van der Waals surface area contributed by atoms with Gasteiger partial charge in [0.25, 0.3) is 5.91 Å². The summed E-state index contributed by atoms with van der Waals surface area (Å²) in [5.41, 5.74) is 3.87. The Morgan fingerprint density at radius 2 is 1.62 bits per heavy atom. The molecule has 3 rings (SSSR count). The molecule has 0 aliphatic carbocycles. The summed E-state index contributed by atoms with van der Waals surface area (Å²) < 4.78 is 27.6. The number of aromatic nitrogens is 1. The molecule has 1 aliphatic rings. The summed E-state index contributed by atoms with van der Waals surface area (Å²) >= 11 is 0. The molecule has 1 aliphatic heterocycles. The summed E-state index contributed by atoms with van der Waals surface area (Å²) in [7, 11) is -3.61. The minimum absolute atomic E-state index is 0.0836. The quantitative estimate of drug-likeness (QED) is 0.774. The van der Waals surface area contributed by atoms with E-state index in [1.165, 1.54) is 11.2 Å². The van der Waals surface area contributed by atoms with Crippen molar-refractivity contribution in [2.45, 2.75) is 39.5 Å². The first-order chi connectivity index (χ1) is 13.5. The lowest BCUT2D eigenvalue weighted by atomic mass is 10.1. The Morgan fingerprint density at radius 3 is 2.17 bits per heavy atom. The highest BCUT2D eigenvalue weighted by molar-refractivity contribution is 7.89. The van der Waals surface area contributed by atoms with E-state index in [-0.39, 0.29) is 24.8 Å². The van der Waals surface area contributed by atoms with E-state index < -0.39 is 10.0 Å². The Labute approximate surface area is 171 Å². The number of nitrogens with one attached hydrogen (secondary N) is 1. The van der Waals surface area contributed by atoms with Crippen molar-refractivity contribution in [2.75, 3.05) is 26.2 Å². The summed E-state index contributed by atoms with van der Waals surface area (Å²) in [6.07, 6.45) is 0. The molecule has 0 unspecified atom stereocenters. The highest BCUT2D eigenvalue weighted by Crippen LogP contribution is 2.24. The number of aromatic amines is 1. The third kappa shape index (κ3) is 3.86. The Bertz CT molecular complexity index is 1080. The van der Waals surface area contributed by atoms with Crippen LogP contribution in [0.4, 0.5) is 0 Å². The molecule has 1 amide bonds. The van der Waals surface area contributed by atoms with E-state index in [2.05, 4.69) is 4.98 Å². The number of aryl methyl sites for hydroxylation is 3. The van der Waals surface area contributed by atoms with E-state index in [0.29, 0.717) is 46.1 Å². The summed E-state index contributed by atoms with van der Waals surface area (Å²) in [6.45, 7) is 9.74. The molecule has 0 spiro atoms. The Hall–Kier alpha value is -2.45. The van der Waals surface area contributed by atoms with Gasteiger partial charge < -0.3 is 9.88 Å². The van der Waals surface area contributed by atoms with Crippen molar-refractivity contribution < 1.29 is 18.0 Å². The summed E-state index contributed by atoms with van der Waals surface area (Å²) in [5, 5.41) is 0. The minimum Gasteiger partial charge on any atom is -0.354 e. The van der Waals surface area contributed by atoms with Crippen LogP contribution in [0.2, 0.25) is 0 Å². The minimum atomic E-state index is -3.61. The third-order valence-electron chi connectivity index (χ3n) is 5.49. The SMILES string of the molecule is CC(=O)c1c(C)[nH]c(C(=O)N2CCN(S(=O)(=O)c3cc(C)ccc3C)CC2)c1C. The van der Waals surface area contributed by atoms with Gasteiger partial charge in [0, 0.05) is 37.4 Å². The number of piperazine rings is 1. The van der Waals surface area contributed by atoms with E-state index in [4.69, 9.17) is 0 Å².